The second-order valence-electron chi connectivity index (χ2n) is 5.00. The maximum Gasteiger partial charge on any atom is 0.0193 e. The standard InChI is InChI=1S/C12H25N3/c1-3-11(5-8-13-6-1)9-15-12-4-2-7-14-10-12/h11-15H,1-10H2. The Kier molecular flexibility index (Phi) is 4.90. The van der Waals surface area contributed by atoms with E-state index in [-0.39, 0.29) is 0 Å². The zero-order valence-electron chi connectivity index (χ0n) is 9.73. The van der Waals surface area contributed by atoms with Crippen LogP contribution in [0.25, 0.3) is 0 Å². The third-order valence-electron chi connectivity index (χ3n) is 3.69. The van der Waals surface area contributed by atoms with Crippen molar-refractivity contribution in [1.29, 1.82) is 0 Å². The minimum absolute atomic E-state index is 0.731. The summed E-state index contributed by atoms with van der Waals surface area (Å²) in [4.78, 5) is 0. The fourth-order valence-electron chi connectivity index (χ4n) is 2.65. The highest BCUT2D eigenvalue weighted by Crippen LogP contribution is 2.13. The van der Waals surface area contributed by atoms with Crippen LogP contribution in [0, 0.1) is 5.92 Å². The highest BCUT2D eigenvalue weighted by atomic mass is 15.0. The highest BCUT2D eigenvalue weighted by molar-refractivity contribution is 4.77. The summed E-state index contributed by atoms with van der Waals surface area (Å²) >= 11 is 0. The van der Waals surface area contributed by atoms with E-state index in [9.17, 15) is 0 Å². The third kappa shape index (κ3) is 4.09. The number of piperidine rings is 1. The summed E-state index contributed by atoms with van der Waals surface area (Å²) in [6.07, 6.45) is 6.81. The third-order valence-corrected chi connectivity index (χ3v) is 3.69. The van der Waals surface area contributed by atoms with Gasteiger partial charge in [0.1, 0.15) is 0 Å². The van der Waals surface area contributed by atoms with E-state index in [1.165, 1.54) is 64.8 Å². The van der Waals surface area contributed by atoms with Gasteiger partial charge in [-0.1, -0.05) is 0 Å². The first-order valence-electron chi connectivity index (χ1n) is 6.60. The van der Waals surface area contributed by atoms with Crippen LogP contribution in [0.1, 0.15) is 32.1 Å². The van der Waals surface area contributed by atoms with Crippen LogP contribution in [-0.4, -0.2) is 38.8 Å². The van der Waals surface area contributed by atoms with Gasteiger partial charge in [0.2, 0.25) is 0 Å². The normalized spacial score (nSPS) is 33.6. The molecule has 2 aliphatic rings. The largest absolute Gasteiger partial charge is 0.317 e. The van der Waals surface area contributed by atoms with E-state index in [1.807, 2.05) is 0 Å². The molecule has 2 atom stereocenters. The fourth-order valence-corrected chi connectivity index (χ4v) is 2.65. The SMILES string of the molecule is C1CNCCC(CNC2CCCNC2)C1. The molecule has 0 aromatic heterocycles. The van der Waals surface area contributed by atoms with Crippen LogP contribution < -0.4 is 16.0 Å². The summed E-state index contributed by atoms with van der Waals surface area (Å²) in [6.45, 7) is 6.06. The van der Waals surface area contributed by atoms with Gasteiger partial charge < -0.3 is 16.0 Å². The van der Waals surface area contributed by atoms with Crippen LogP contribution in [-0.2, 0) is 0 Å². The molecule has 0 saturated carbocycles. The van der Waals surface area contributed by atoms with Crippen molar-refractivity contribution in [3.8, 4) is 0 Å². The van der Waals surface area contributed by atoms with Crippen molar-refractivity contribution in [1.82, 2.24) is 16.0 Å². The zero-order chi connectivity index (χ0) is 10.3. The Morgan fingerprint density at radius 2 is 1.80 bits per heavy atom. The van der Waals surface area contributed by atoms with Crippen molar-refractivity contribution < 1.29 is 0 Å². The Hall–Kier alpha value is -0.120. The van der Waals surface area contributed by atoms with Gasteiger partial charge in [-0.05, 0) is 64.2 Å². The lowest BCUT2D eigenvalue weighted by Crippen LogP contribution is -2.44. The Morgan fingerprint density at radius 1 is 0.933 bits per heavy atom. The summed E-state index contributed by atoms with van der Waals surface area (Å²) in [5, 5.41) is 10.7. The molecule has 0 bridgehead atoms. The van der Waals surface area contributed by atoms with Crippen LogP contribution in [0.3, 0.4) is 0 Å². The van der Waals surface area contributed by atoms with Crippen LogP contribution in [0.2, 0.25) is 0 Å². The number of hydrogen-bond acceptors (Lipinski definition) is 3. The summed E-state index contributed by atoms with van der Waals surface area (Å²) in [5.74, 6) is 0.905. The van der Waals surface area contributed by atoms with Gasteiger partial charge in [-0.15, -0.1) is 0 Å². The predicted octanol–water partition coefficient (Wildman–Crippen LogP) is 0.718. The average molecular weight is 211 g/mol. The summed E-state index contributed by atoms with van der Waals surface area (Å²) < 4.78 is 0. The van der Waals surface area contributed by atoms with Gasteiger partial charge in [-0.3, -0.25) is 0 Å². The summed E-state index contributed by atoms with van der Waals surface area (Å²) in [5.41, 5.74) is 0. The van der Waals surface area contributed by atoms with E-state index < -0.39 is 0 Å². The van der Waals surface area contributed by atoms with Crippen molar-refractivity contribution >= 4 is 0 Å². The zero-order valence-corrected chi connectivity index (χ0v) is 9.73. The van der Waals surface area contributed by atoms with Gasteiger partial charge in [0.25, 0.3) is 0 Å². The lowest BCUT2D eigenvalue weighted by atomic mass is 9.99. The van der Waals surface area contributed by atoms with E-state index in [4.69, 9.17) is 0 Å². The molecule has 3 nitrogen and oxygen atoms in total. The van der Waals surface area contributed by atoms with Crippen LogP contribution in [0.15, 0.2) is 0 Å². The second-order valence-corrected chi connectivity index (χ2v) is 5.00. The number of nitrogens with one attached hydrogen (secondary N) is 3. The maximum atomic E-state index is 3.73. The average Bonchev–Trinajstić information content (AvgIpc) is 2.56. The summed E-state index contributed by atoms with van der Waals surface area (Å²) in [7, 11) is 0. The minimum atomic E-state index is 0.731. The molecular formula is C12H25N3. The Labute approximate surface area is 93.4 Å². The fraction of sp³-hybridized carbons (Fsp3) is 1.00. The molecule has 0 aliphatic carbocycles. The molecule has 2 saturated heterocycles. The molecule has 0 amide bonds. The van der Waals surface area contributed by atoms with Crippen LogP contribution in [0.4, 0.5) is 0 Å². The number of hydrogen-bond donors (Lipinski definition) is 3. The lowest BCUT2D eigenvalue weighted by Gasteiger charge is -2.26. The van der Waals surface area contributed by atoms with Gasteiger partial charge in [0.15, 0.2) is 0 Å². The monoisotopic (exact) mass is 211 g/mol. The smallest absolute Gasteiger partial charge is 0.0193 e. The van der Waals surface area contributed by atoms with Gasteiger partial charge in [-0.2, -0.15) is 0 Å². The highest BCUT2D eigenvalue weighted by Gasteiger charge is 2.16. The molecule has 0 aromatic rings. The van der Waals surface area contributed by atoms with Gasteiger partial charge in [0.05, 0.1) is 0 Å². The maximum absolute atomic E-state index is 3.73. The Morgan fingerprint density at radius 3 is 2.67 bits per heavy atom. The Bertz CT molecular complexity index is 158. The van der Waals surface area contributed by atoms with E-state index in [2.05, 4.69) is 16.0 Å². The molecule has 15 heavy (non-hydrogen) atoms. The lowest BCUT2D eigenvalue weighted by molar-refractivity contribution is 0.347. The first-order chi connectivity index (χ1) is 7.45. The quantitative estimate of drug-likeness (QED) is 0.644. The molecule has 2 heterocycles. The van der Waals surface area contributed by atoms with E-state index in [0.29, 0.717) is 0 Å². The molecular weight excluding hydrogens is 186 g/mol. The molecule has 2 unspecified atom stereocenters. The minimum Gasteiger partial charge on any atom is -0.317 e. The van der Waals surface area contributed by atoms with Crippen LogP contribution in [0.5, 0.6) is 0 Å². The first kappa shape index (κ1) is 11.4. The van der Waals surface area contributed by atoms with Crippen molar-refractivity contribution in [2.75, 3.05) is 32.7 Å². The molecule has 3 N–H and O–H groups in total. The molecule has 2 aliphatic heterocycles. The van der Waals surface area contributed by atoms with E-state index in [1.54, 1.807) is 0 Å². The van der Waals surface area contributed by atoms with Gasteiger partial charge in [0, 0.05) is 12.6 Å². The molecule has 2 fully saturated rings. The molecule has 2 rings (SSSR count). The van der Waals surface area contributed by atoms with E-state index >= 15 is 0 Å². The van der Waals surface area contributed by atoms with Crippen LogP contribution >= 0.6 is 0 Å². The Balaban J connectivity index is 1.62. The van der Waals surface area contributed by atoms with Gasteiger partial charge >= 0.3 is 0 Å². The first-order valence-corrected chi connectivity index (χ1v) is 6.60. The van der Waals surface area contributed by atoms with Crippen molar-refractivity contribution in [2.45, 2.75) is 38.1 Å². The molecule has 88 valence electrons. The predicted molar refractivity (Wildman–Crippen MR) is 64.1 cm³/mol. The van der Waals surface area contributed by atoms with E-state index in [0.717, 1.165) is 12.0 Å². The molecule has 0 radical (unpaired) electrons. The molecule has 0 spiro atoms. The number of rotatable bonds is 3. The summed E-state index contributed by atoms with van der Waals surface area (Å²) in [6, 6.07) is 0.731. The van der Waals surface area contributed by atoms with Crippen molar-refractivity contribution in [2.24, 2.45) is 5.92 Å². The van der Waals surface area contributed by atoms with Gasteiger partial charge in [-0.25, -0.2) is 0 Å². The molecule has 3 heteroatoms. The van der Waals surface area contributed by atoms with Crippen molar-refractivity contribution in [3.05, 3.63) is 0 Å². The van der Waals surface area contributed by atoms with Crippen molar-refractivity contribution in [3.63, 3.8) is 0 Å². The second kappa shape index (κ2) is 6.46. The topological polar surface area (TPSA) is 36.1 Å². The molecule has 0 aromatic carbocycles.